The van der Waals surface area contributed by atoms with E-state index in [0.717, 1.165) is 6.54 Å². The maximum Gasteiger partial charge on any atom is 0.239 e. The zero-order valence-electron chi connectivity index (χ0n) is 10.4. The van der Waals surface area contributed by atoms with Crippen LogP contribution in [0.5, 0.6) is 0 Å². The van der Waals surface area contributed by atoms with Crippen LogP contribution in [0.25, 0.3) is 0 Å². The van der Waals surface area contributed by atoms with Gasteiger partial charge in [-0.05, 0) is 46.1 Å². The zero-order valence-corrected chi connectivity index (χ0v) is 10.4. The van der Waals surface area contributed by atoms with Crippen LogP contribution in [0.2, 0.25) is 0 Å². The minimum atomic E-state index is -0.452. The highest BCUT2D eigenvalue weighted by Gasteiger charge is 2.30. The van der Waals surface area contributed by atoms with Crippen LogP contribution in [0.15, 0.2) is 0 Å². The highest BCUT2D eigenvalue weighted by atomic mass is 16.2. The molecule has 0 radical (unpaired) electrons. The Bertz CT molecular complexity index is 222. The van der Waals surface area contributed by atoms with Gasteiger partial charge in [-0.15, -0.1) is 0 Å². The SMILES string of the molecule is CCNC(C)(C)C(=O)NC(C)C1CCC1. The molecule has 3 nitrogen and oxygen atoms in total. The van der Waals surface area contributed by atoms with Crippen molar-refractivity contribution >= 4 is 5.91 Å². The van der Waals surface area contributed by atoms with Gasteiger partial charge in [0, 0.05) is 6.04 Å². The van der Waals surface area contributed by atoms with Crippen LogP contribution < -0.4 is 10.6 Å². The maximum absolute atomic E-state index is 11.9. The lowest BCUT2D eigenvalue weighted by Gasteiger charge is -2.34. The topological polar surface area (TPSA) is 41.1 Å². The summed E-state index contributed by atoms with van der Waals surface area (Å²) in [5.74, 6) is 0.815. The van der Waals surface area contributed by atoms with Gasteiger partial charge in [-0.3, -0.25) is 4.79 Å². The summed E-state index contributed by atoms with van der Waals surface area (Å²) in [5, 5.41) is 6.30. The number of nitrogens with one attached hydrogen (secondary N) is 2. The van der Waals surface area contributed by atoms with E-state index in [4.69, 9.17) is 0 Å². The number of likely N-dealkylation sites (N-methyl/N-ethyl adjacent to an activating group) is 1. The molecule has 1 aliphatic carbocycles. The van der Waals surface area contributed by atoms with E-state index in [2.05, 4.69) is 17.6 Å². The van der Waals surface area contributed by atoms with Gasteiger partial charge >= 0.3 is 0 Å². The van der Waals surface area contributed by atoms with Crippen molar-refractivity contribution in [1.29, 1.82) is 0 Å². The molecule has 0 bridgehead atoms. The predicted molar refractivity (Wildman–Crippen MR) is 62.7 cm³/mol. The third-order valence-corrected chi connectivity index (χ3v) is 3.40. The maximum atomic E-state index is 11.9. The first kappa shape index (κ1) is 12.5. The van der Waals surface area contributed by atoms with E-state index in [1.807, 2.05) is 20.8 Å². The van der Waals surface area contributed by atoms with Crippen LogP contribution in [0.3, 0.4) is 0 Å². The molecule has 1 unspecified atom stereocenters. The number of amides is 1. The largest absolute Gasteiger partial charge is 0.352 e. The monoisotopic (exact) mass is 212 g/mol. The van der Waals surface area contributed by atoms with E-state index in [1.165, 1.54) is 19.3 Å². The third-order valence-electron chi connectivity index (χ3n) is 3.40. The van der Waals surface area contributed by atoms with Crippen LogP contribution >= 0.6 is 0 Å². The van der Waals surface area contributed by atoms with Gasteiger partial charge in [-0.25, -0.2) is 0 Å². The first-order valence-corrected chi connectivity index (χ1v) is 6.03. The van der Waals surface area contributed by atoms with Crippen LogP contribution in [0.1, 0.15) is 47.0 Å². The Balaban J connectivity index is 2.39. The Kier molecular flexibility index (Phi) is 4.14. The standard InChI is InChI=1S/C12H24N2O/c1-5-13-12(3,4)11(15)14-9(2)10-7-6-8-10/h9-10,13H,5-8H2,1-4H3,(H,14,15). The van der Waals surface area contributed by atoms with Crippen LogP contribution in [-0.4, -0.2) is 24.0 Å². The van der Waals surface area contributed by atoms with Gasteiger partial charge in [-0.1, -0.05) is 13.3 Å². The lowest BCUT2D eigenvalue weighted by molar-refractivity contribution is -0.127. The van der Waals surface area contributed by atoms with Gasteiger partial charge in [0.1, 0.15) is 0 Å². The molecule has 0 spiro atoms. The van der Waals surface area contributed by atoms with Gasteiger partial charge < -0.3 is 10.6 Å². The lowest BCUT2D eigenvalue weighted by atomic mass is 9.80. The molecule has 3 heteroatoms. The average Bonchev–Trinajstić information content (AvgIpc) is 1.99. The number of rotatable bonds is 5. The number of carbonyl (C=O) groups is 1. The van der Waals surface area contributed by atoms with Crippen molar-refractivity contribution in [2.45, 2.75) is 58.5 Å². The van der Waals surface area contributed by atoms with Gasteiger partial charge in [0.2, 0.25) is 5.91 Å². The second-order valence-electron chi connectivity index (χ2n) is 5.11. The molecular formula is C12H24N2O. The van der Waals surface area contributed by atoms with Crippen molar-refractivity contribution in [2.24, 2.45) is 5.92 Å². The summed E-state index contributed by atoms with van der Waals surface area (Å²) in [4.78, 5) is 11.9. The van der Waals surface area contributed by atoms with Crippen molar-refractivity contribution in [3.63, 3.8) is 0 Å². The molecule has 15 heavy (non-hydrogen) atoms. The average molecular weight is 212 g/mol. The van der Waals surface area contributed by atoms with Gasteiger partial charge in [-0.2, -0.15) is 0 Å². The highest BCUT2D eigenvalue weighted by molar-refractivity contribution is 5.85. The molecule has 1 atom stereocenters. The molecule has 0 aromatic heterocycles. The molecule has 2 N–H and O–H groups in total. The first-order chi connectivity index (χ1) is 6.97. The lowest BCUT2D eigenvalue weighted by Crippen LogP contribution is -2.55. The van der Waals surface area contributed by atoms with Crippen molar-refractivity contribution < 1.29 is 4.79 Å². The summed E-state index contributed by atoms with van der Waals surface area (Å²) in [7, 11) is 0. The Morgan fingerprint density at radius 2 is 2.07 bits per heavy atom. The molecule has 1 saturated carbocycles. The molecule has 1 rings (SSSR count). The van der Waals surface area contributed by atoms with E-state index in [-0.39, 0.29) is 5.91 Å². The Hall–Kier alpha value is -0.570. The Morgan fingerprint density at radius 1 is 1.47 bits per heavy atom. The van der Waals surface area contributed by atoms with E-state index in [9.17, 15) is 4.79 Å². The van der Waals surface area contributed by atoms with E-state index < -0.39 is 5.54 Å². The minimum absolute atomic E-state index is 0.115. The van der Waals surface area contributed by atoms with E-state index in [1.54, 1.807) is 0 Å². The Labute approximate surface area is 93.0 Å². The fourth-order valence-electron chi connectivity index (χ4n) is 1.97. The fraction of sp³-hybridized carbons (Fsp3) is 0.917. The summed E-state index contributed by atoms with van der Waals surface area (Å²) in [5.41, 5.74) is -0.452. The van der Waals surface area contributed by atoms with Crippen molar-refractivity contribution in [3.8, 4) is 0 Å². The normalized spacial score (nSPS) is 19.5. The smallest absolute Gasteiger partial charge is 0.239 e. The van der Waals surface area contributed by atoms with Gasteiger partial charge in [0.15, 0.2) is 0 Å². The summed E-state index contributed by atoms with van der Waals surface area (Å²) >= 11 is 0. The second-order valence-corrected chi connectivity index (χ2v) is 5.11. The van der Waals surface area contributed by atoms with Crippen LogP contribution in [0.4, 0.5) is 0 Å². The molecular weight excluding hydrogens is 188 g/mol. The molecule has 1 amide bonds. The van der Waals surface area contributed by atoms with Gasteiger partial charge in [0.25, 0.3) is 0 Å². The van der Waals surface area contributed by atoms with Crippen molar-refractivity contribution in [2.75, 3.05) is 6.54 Å². The summed E-state index contributed by atoms with van der Waals surface area (Å²) in [6.07, 6.45) is 3.85. The summed E-state index contributed by atoms with van der Waals surface area (Å²) in [6.45, 7) is 8.81. The van der Waals surface area contributed by atoms with Crippen LogP contribution in [-0.2, 0) is 4.79 Å². The minimum Gasteiger partial charge on any atom is -0.352 e. The third kappa shape index (κ3) is 3.20. The van der Waals surface area contributed by atoms with Gasteiger partial charge in [0.05, 0.1) is 5.54 Å². The first-order valence-electron chi connectivity index (χ1n) is 6.03. The molecule has 1 fully saturated rings. The molecule has 0 heterocycles. The quantitative estimate of drug-likeness (QED) is 0.728. The molecule has 0 aromatic carbocycles. The molecule has 0 aromatic rings. The highest BCUT2D eigenvalue weighted by Crippen LogP contribution is 2.29. The molecule has 0 saturated heterocycles. The second kappa shape index (κ2) is 4.97. The number of carbonyl (C=O) groups excluding carboxylic acids is 1. The van der Waals surface area contributed by atoms with Crippen LogP contribution in [0, 0.1) is 5.92 Å². The molecule has 0 aliphatic heterocycles. The molecule has 88 valence electrons. The summed E-state index contributed by atoms with van der Waals surface area (Å²) < 4.78 is 0. The summed E-state index contributed by atoms with van der Waals surface area (Å²) in [6, 6.07) is 0.323. The Morgan fingerprint density at radius 3 is 2.47 bits per heavy atom. The molecule has 1 aliphatic rings. The van der Waals surface area contributed by atoms with Crippen molar-refractivity contribution in [3.05, 3.63) is 0 Å². The number of hydrogen-bond donors (Lipinski definition) is 2. The predicted octanol–water partition coefficient (Wildman–Crippen LogP) is 1.68. The fourth-order valence-corrected chi connectivity index (χ4v) is 1.97. The van der Waals surface area contributed by atoms with Crippen molar-refractivity contribution in [1.82, 2.24) is 10.6 Å². The van der Waals surface area contributed by atoms with E-state index >= 15 is 0 Å². The van der Waals surface area contributed by atoms with E-state index in [0.29, 0.717) is 12.0 Å². The zero-order chi connectivity index (χ0) is 11.5. The number of hydrogen-bond acceptors (Lipinski definition) is 2.